The topological polar surface area (TPSA) is 42.3 Å². The monoisotopic (exact) mass is 444 g/mol. The smallest absolute Gasteiger partial charge is 0.308 e. The minimum Gasteiger partial charge on any atom is -0.331 e. The molecule has 1 aliphatic rings. The molecule has 0 radical (unpaired) electrons. The van der Waals surface area contributed by atoms with Crippen molar-refractivity contribution in [2.45, 2.75) is 45.3 Å². The van der Waals surface area contributed by atoms with Crippen LogP contribution in [0.4, 0.5) is 4.39 Å². The molecule has 2 aromatic carbocycles. The van der Waals surface area contributed by atoms with Gasteiger partial charge in [0.15, 0.2) is 0 Å². The summed E-state index contributed by atoms with van der Waals surface area (Å²) in [6.45, 7) is 3.81. The van der Waals surface area contributed by atoms with Gasteiger partial charge in [-0.15, -0.1) is 0 Å². The molecule has 1 fully saturated rings. The zero-order chi connectivity index (χ0) is 21.4. The second kappa shape index (κ2) is 8.36. The van der Waals surface area contributed by atoms with Crippen molar-refractivity contribution >= 4 is 28.8 Å². The van der Waals surface area contributed by atoms with E-state index in [1.165, 1.54) is 16.7 Å². The predicted octanol–water partition coefficient (Wildman–Crippen LogP) is 5.43. The van der Waals surface area contributed by atoms with Crippen molar-refractivity contribution in [1.29, 1.82) is 0 Å². The summed E-state index contributed by atoms with van der Waals surface area (Å²) in [6.07, 6.45) is 1.93. The molecule has 1 aromatic heterocycles. The Hall–Kier alpha value is -2.44. The molecule has 0 N–H and O–H groups in total. The van der Waals surface area contributed by atoms with Gasteiger partial charge in [0.2, 0.25) is 5.91 Å². The van der Waals surface area contributed by atoms with Crippen molar-refractivity contribution in [2.24, 2.45) is 0 Å². The lowest BCUT2D eigenvalue weighted by Gasteiger charge is -2.30. The number of carbonyl (C=O) groups excluding carboxylic acids is 1. The molecule has 1 heterocycles. The summed E-state index contributed by atoms with van der Waals surface area (Å²) in [5.41, 5.74) is 2.41. The first-order chi connectivity index (χ1) is 14.3. The molecule has 7 heteroatoms. The summed E-state index contributed by atoms with van der Waals surface area (Å²) < 4.78 is 14.9. The number of thiazole rings is 1. The Labute approximate surface area is 183 Å². The van der Waals surface area contributed by atoms with Crippen LogP contribution >= 0.6 is 22.9 Å². The van der Waals surface area contributed by atoms with E-state index in [1.807, 2.05) is 43.0 Å². The van der Waals surface area contributed by atoms with Crippen molar-refractivity contribution in [1.82, 2.24) is 9.47 Å². The molecular formula is C23H22ClFN2O2S. The van der Waals surface area contributed by atoms with Crippen LogP contribution in [0, 0.1) is 12.7 Å². The van der Waals surface area contributed by atoms with Gasteiger partial charge in [0, 0.05) is 15.9 Å². The van der Waals surface area contributed by atoms with E-state index in [0.29, 0.717) is 10.7 Å². The van der Waals surface area contributed by atoms with Crippen LogP contribution in [0.25, 0.3) is 11.3 Å². The molecule has 1 aliphatic carbocycles. The van der Waals surface area contributed by atoms with Gasteiger partial charge in [0.1, 0.15) is 12.4 Å². The molecule has 30 heavy (non-hydrogen) atoms. The summed E-state index contributed by atoms with van der Waals surface area (Å²) in [5, 5.41) is 0.652. The van der Waals surface area contributed by atoms with E-state index in [4.69, 9.17) is 11.6 Å². The number of hydrogen-bond acceptors (Lipinski definition) is 3. The molecular weight excluding hydrogens is 423 g/mol. The Bertz CT molecular complexity index is 1120. The highest BCUT2D eigenvalue weighted by Crippen LogP contribution is 2.35. The number of amides is 1. The second-order valence-corrected chi connectivity index (χ2v) is 9.23. The lowest BCUT2D eigenvalue weighted by atomic mass is 10.1. The minimum absolute atomic E-state index is 0.0374. The summed E-state index contributed by atoms with van der Waals surface area (Å²) in [4.78, 5) is 28.5. The maximum atomic E-state index is 13.4. The van der Waals surface area contributed by atoms with E-state index in [1.54, 1.807) is 12.1 Å². The Kier molecular flexibility index (Phi) is 5.80. The van der Waals surface area contributed by atoms with Gasteiger partial charge >= 0.3 is 4.87 Å². The SMILES string of the molecule is Cc1sc(=O)n(CC(=O)N(C2CC2)[C@H](C)c2ccc(Cl)cc2)c1-c1ccc(F)cc1. The van der Waals surface area contributed by atoms with Crippen molar-refractivity contribution in [3.63, 3.8) is 0 Å². The van der Waals surface area contributed by atoms with Crippen molar-refractivity contribution in [3.05, 3.63) is 79.5 Å². The van der Waals surface area contributed by atoms with Crippen LogP contribution in [-0.4, -0.2) is 21.4 Å². The number of halogens is 2. The van der Waals surface area contributed by atoms with Gasteiger partial charge < -0.3 is 4.90 Å². The molecule has 0 spiro atoms. The van der Waals surface area contributed by atoms with Crippen LogP contribution in [0.1, 0.15) is 36.2 Å². The largest absolute Gasteiger partial charge is 0.331 e. The van der Waals surface area contributed by atoms with E-state index >= 15 is 0 Å². The third-order valence-electron chi connectivity index (χ3n) is 5.47. The Morgan fingerprint density at radius 2 is 1.83 bits per heavy atom. The number of rotatable bonds is 6. The maximum Gasteiger partial charge on any atom is 0.308 e. The number of benzene rings is 2. The fourth-order valence-corrected chi connectivity index (χ4v) is 4.81. The third kappa shape index (κ3) is 4.20. The maximum absolute atomic E-state index is 13.4. The average molecular weight is 445 g/mol. The van der Waals surface area contributed by atoms with E-state index in [9.17, 15) is 14.0 Å². The predicted molar refractivity (Wildman–Crippen MR) is 118 cm³/mol. The number of nitrogens with zero attached hydrogens (tertiary/aromatic N) is 2. The van der Waals surface area contributed by atoms with Gasteiger partial charge in [0.25, 0.3) is 0 Å². The van der Waals surface area contributed by atoms with E-state index < -0.39 is 0 Å². The molecule has 0 aliphatic heterocycles. The van der Waals surface area contributed by atoms with E-state index in [2.05, 4.69) is 0 Å². The minimum atomic E-state index is -0.340. The molecule has 4 nitrogen and oxygen atoms in total. The lowest BCUT2D eigenvalue weighted by molar-refractivity contribution is -0.134. The normalized spacial score (nSPS) is 14.5. The van der Waals surface area contributed by atoms with Gasteiger partial charge in [-0.25, -0.2) is 4.39 Å². The van der Waals surface area contributed by atoms with Crippen molar-refractivity contribution in [3.8, 4) is 11.3 Å². The highest BCUT2D eigenvalue weighted by molar-refractivity contribution is 7.09. The Balaban J connectivity index is 1.64. The summed E-state index contributed by atoms with van der Waals surface area (Å²) in [7, 11) is 0. The first-order valence-electron chi connectivity index (χ1n) is 9.88. The van der Waals surface area contributed by atoms with Gasteiger partial charge in [-0.05, 0) is 74.2 Å². The summed E-state index contributed by atoms with van der Waals surface area (Å²) in [6, 6.07) is 13.6. The molecule has 3 aromatic rings. The number of carbonyl (C=O) groups is 1. The standard InChI is InChI=1S/C23H22ClFN2O2S/c1-14(16-3-7-18(24)8-4-16)27(20-11-12-20)21(28)13-26-22(15(2)30-23(26)29)17-5-9-19(25)10-6-17/h3-10,14,20H,11-13H2,1-2H3/t14-/m1/s1. The van der Waals surface area contributed by atoms with Crippen LogP contribution in [0.15, 0.2) is 53.3 Å². The zero-order valence-electron chi connectivity index (χ0n) is 16.8. The highest BCUT2D eigenvalue weighted by Gasteiger charge is 2.36. The number of hydrogen-bond donors (Lipinski definition) is 0. The van der Waals surface area contributed by atoms with Crippen molar-refractivity contribution in [2.75, 3.05) is 0 Å². The van der Waals surface area contributed by atoms with Gasteiger partial charge in [-0.2, -0.15) is 0 Å². The third-order valence-corrected chi connectivity index (χ3v) is 6.62. The second-order valence-electron chi connectivity index (χ2n) is 7.63. The van der Waals surface area contributed by atoms with Crippen LogP contribution in [0.5, 0.6) is 0 Å². The molecule has 0 saturated heterocycles. The summed E-state index contributed by atoms with van der Waals surface area (Å²) >= 11 is 7.11. The molecule has 156 valence electrons. The van der Waals surface area contributed by atoms with E-state index in [-0.39, 0.29) is 35.2 Å². The van der Waals surface area contributed by atoms with Crippen LogP contribution in [0.3, 0.4) is 0 Å². The van der Waals surface area contributed by atoms with Crippen LogP contribution in [0.2, 0.25) is 5.02 Å². The zero-order valence-corrected chi connectivity index (χ0v) is 18.3. The fourth-order valence-electron chi connectivity index (χ4n) is 3.83. The molecule has 0 unspecified atom stereocenters. The quantitative estimate of drug-likeness (QED) is 0.508. The number of aromatic nitrogens is 1. The first-order valence-corrected chi connectivity index (χ1v) is 11.1. The molecule has 0 bridgehead atoms. The molecule has 1 saturated carbocycles. The Morgan fingerprint density at radius 1 is 1.20 bits per heavy atom. The first kappa shape index (κ1) is 20.8. The number of aryl methyl sites for hydroxylation is 1. The van der Waals surface area contributed by atoms with Gasteiger partial charge in [0.05, 0.1) is 11.7 Å². The van der Waals surface area contributed by atoms with Gasteiger partial charge in [-0.3, -0.25) is 14.2 Å². The Morgan fingerprint density at radius 3 is 2.43 bits per heavy atom. The van der Waals surface area contributed by atoms with Crippen molar-refractivity contribution < 1.29 is 9.18 Å². The lowest BCUT2D eigenvalue weighted by Crippen LogP contribution is -2.39. The molecule has 4 rings (SSSR count). The van der Waals surface area contributed by atoms with E-state index in [0.717, 1.165) is 40.2 Å². The summed E-state index contributed by atoms with van der Waals surface area (Å²) in [5.74, 6) is -0.434. The molecule has 1 amide bonds. The highest BCUT2D eigenvalue weighted by atomic mass is 35.5. The molecule has 1 atom stereocenters. The van der Waals surface area contributed by atoms with Crippen LogP contribution in [-0.2, 0) is 11.3 Å². The van der Waals surface area contributed by atoms with Gasteiger partial charge in [-0.1, -0.05) is 35.1 Å². The average Bonchev–Trinajstić information content (AvgIpc) is 3.50. The fraction of sp³-hybridized carbons (Fsp3) is 0.304. The van der Waals surface area contributed by atoms with Crippen LogP contribution < -0.4 is 4.87 Å².